The van der Waals surface area contributed by atoms with Crippen LogP contribution in [0.5, 0.6) is 0 Å². The fourth-order valence-corrected chi connectivity index (χ4v) is 1.93. The molecule has 2 atom stereocenters. The summed E-state index contributed by atoms with van der Waals surface area (Å²) in [7, 11) is 0. The van der Waals surface area contributed by atoms with E-state index in [4.69, 9.17) is 4.74 Å². The van der Waals surface area contributed by atoms with Gasteiger partial charge in [0.05, 0.1) is 6.10 Å². The molecule has 0 radical (unpaired) electrons. The Hall–Kier alpha value is -1.75. The summed E-state index contributed by atoms with van der Waals surface area (Å²) in [6, 6.07) is 0. The Morgan fingerprint density at radius 2 is 2.06 bits per heavy atom. The molecule has 0 aromatic rings. The molecule has 0 aromatic carbocycles. The first kappa shape index (κ1) is 10.8. The lowest BCUT2D eigenvalue weighted by Crippen LogP contribution is -2.36. The molecule has 0 amide bonds. The first-order valence-electron chi connectivity index (χ1n) is 4.88. The van der Waals surface area contributed by atoms with Crippen LogP contribution in [0.25, 0.3) is 0 Å². The van der Waals surface area contributed by atoms with Crippen LogP contribution >= 0.6 is 0 Å². The van der Waals surface area contributed by atoms with Gasteiger partial charge in [0.2, 0.25) is 6.29 Å². The zero-order valence-corrected chi connectivity index (χ0v) is 8.64. The molecule has 1 aliphatic heterocycles. The van der Waals surface area contributed by atoms with E-state index in [0.29, 0.717) is 11.1 Å². The molecule has 0 spiro atoms. The largest absolute Gasteiger partial charge is 0.438 e. The number of rotatable bonds is 2. The Morgan fingerprint density at radius 3 is 2.75 bits per heavy atom. The van der Waals surface area contributed by atoms with Gasteiger partial charge in [0.1, 0.15) is 0 Å². The minimum atomic E-state index is -0.783. The molecule has 5 heteroatoms. The Morgan fingerprint density at radius 1 is 1.38 bits per heavy atom. The van der Waals surface area contributed by atoms with Crippen molar-refractivity contribution in [2.24, 2.45) is 0 Å². The molecule has 1 heterocycles. The molecule has 2 rings (SSSR count). The minimum Gasteiger partial charge on any atom is -0.438 e. The fraction of sp³-hybridized carbons (Fsp3) is 0.364. The maximum Gasteiger partial charge on any atom is 0.295 e. The normalized spacial score (nSPS) is 29.1. The third-order valence-corrected chi connectivity index (χ3v) is 2.61. The summed E-state index contributed by atoms with van der Waals surface area (Å²) in [5.74, 6) is -0.434. The quantitative estimate of drug-likeness (QED) is 0.496. The Kier molecular flexibility index (Phi) is 2.70. The van der Waals surface area contributed by atoms with E-state index in [0.717, 1.165) is 0 Å². The van der Waals surface area contributed by atoms with Crippen LogP contribution in [0.2, 0.25) is 0 Å². The maximum atomic E-state index is 11.6. The SMILES string of the molecule is CC1OC(OC=O)CC2=C1C(=O)C=CC2=O. The Balaban J connectivity index is 2.33. The highest BCUT2D eigenvalue weighted by molar-refractivity contribution is 6.20. The molecule has 0 aromatic heterocycles. The minimum absolute atomic E-state index is 0.132. The standard InChI is InChI=1S/C11H10O5/c1-6-11-7(4-10(16-6)15-5-12)8(13)2-3-9(11)14/h2-3,5-6,10H,4H2,1H3. The second-order valence-electron chi connectivity index (χ2n) is 3.60. The average Bonchev–Trinajstić information content (AvgIpc) is 2.23. The van der Waals surface area contributed by atoms with E-state index in [1.165, 1.54) is 12.2 Å². The number of hydrogen-bond acceptors (Lipinski definition) is 5. The van der Waals surface area contributed by atoms with Gasteiger partial charge < -0.3 is 9.47 Å². The van der Waals surface area contributed by atoms with Crippen molar-refractivity contribution in [2.45, 2.75) is 25.7 Å². The van der Waals surface area contributed by atoms with E-state index >= 15 is 0 Å². The first-order valence-corrected chi connectivity index (χ1v) is 4.88. The summed E-state index contributed by atoms with van der Waals surface area (Å²) in [6.45, 7) is 1.92. The second kappa shape index (κ2) is 4.02. The Labute approximate surface area is 91.7 Å². The van der Waals surface area contributed by atoms with Gasteiger partial charge in [0, 0.05) is 17.6 Å². The molecule has 2 aliphatic rings. The van der Waals surface area contributed by atoms with Gasteiger partial charge in [0.15, 0.2) is 11.6 Å². The van der Waals surface area contributed by atoms with Crippen molar-refractivity contribution in [3.8, 4) is 0 Å². The highest BCUT2D eigenvalue weighted by Crippen LogP contribution is 2.30. The van der Waals surface area contributed by atoms with Crippen LogP contribution in [-0.2, 0) is 23.9 Å². The molecule has 5 nitrogen and oxygen atoms in total. The molecule has 0 N–H and O–H groups in total. The number of ketones is 2. The lowest BCUT2D eigenvalue weighted by Gasteiger charge is -2.30. The van der Waals surface area contributed by atoms with Gasteiger partial charge in [-0.3, -0.25) is 14.4 Å². The molecule has 16 heavy (non-hydrogen) atoms. The highest BCUT2D eigenvalue weighted by atomic mass is 16.7. The van der Waals surface area contributed by atoms with Crippen molar-refractivity contribution in [2.75, 3.05) is 0 Å². The van der Waals surface area contributed by atoms with Crippen molar-refractivity contribution < 1.29 is 23.9 Å². The van der Waals surface area contributed by atoms with Crippen LogP contribution in [0.15, 0.2) is 23.3 Å². The van der Waals surface area contributed by atoms with Gasteiger partial charge in [-0.15, -0.1) is 0 Å². The maximum absolute atomic E-state index is 11.6. The smallest absolute Gasteiger partial charge is 0.295 e. The van der Waals surface area contributed by atoms with Crippen LogP contribution in [-0.4, -0.2) is 30.4 Å². The zero-order chi connectivity index (χ0) is 11.7. The number of ether oxygens (including phenoxy) is 2. The van der Waals surface area contributed by atoms with Crippen molar-refractivity contribution in [3.63, 3.8) is 0 Å². The van der Waals surface area contributed by atoms with Crippen molar-refractivity contribution in [1.29, 1.82) is 0 Å². The lowest BCUT2D eigenvalue weighted by molar-refractivity contribution is -0.174. The van der Waals surface area contributed by atoms with Gasteiger partial charge in [0.25, 0.3) is 6.47 Å². The summed E-state index contributed by atoms with van der Waals surface area (Å²) >= 11 is 0. The fourth-order valence-electron chi connectivity index (χ4n) is 1.93. The van der Waals surface area contributed by atoms with E-state index in [9.17, 15) is 14.4 Å². The lowest BCUT2D eigenvalue weighted by atomic mass is 9.88. The predicted octanol–water partition coefficient (Wildman–Crippen LogP) is 0.299. The third kappa shape index (κ3) is 1.69. The molecule has 0 saturated heterocycles. The van der Waals surface area contributed by atoms with Crippen LogP contribution in [0, 0.1) is 0 Å². The van der Waals surface area contributed by atoms with E-state index in [1.54, 1.807) is 6.92 Å². The summed E-state index contributed by atoms with van der Waals surface area (Å²) in [5, 5.41) is 0. The summed E-state index contributed by atoms with van der Waals surface area (Å²) < 4.78 is 9.96. The van der Waals surface area contributed by atoms with Crippen LogP contribution in [0.3, 0.4) is 0 Å². The first-order chi connectivity index (χ1) is 7.63. The molecule has 0 saturated carbocycles. The van der Waals surface area contributed by atoms with Gasteiger partial charge in [-0.1, -0.05) is 0 Å². The van der Waals surface area contributed by atoms with Gasteiger partial charge in [-0.2, -0.15) is 0 Å². The van der Waals surface area contributed by atoms with Crippen molar-refractivity contribution >= 4 is 18.0 Å². The molecule has 2 unspecified atom stereocenters. The van der Waals surface area contributed by atoms with E-state index < -0.39 is 12.4 Å². The van der Waals surface area contributed by atoms with E-state index in [-0.39, 0.29) is 24.5 Å². The predicted molar refractivity (Wildman–Crippen MR) is 52.3 cm³/mol. The highest BCUT2D eigenvalue weighted by Gasteiger charge is 2.35. The van der Waals surface area contributed by atoms with Crippen LogP contribution in [0.1, 0.15) is 13.3 Å². The molecular formula is C11H10O5. The van der Waals surface area contributed by atoms with Crippen LogP contribution < -0.4 is 0 Å². The topological polar surface area (TPSA) is 69.7 Å². The van der Waals surface area contributed by atoms with Gasteiger partial charge >= 0.3 is 0 Å². The molecule has 84 valence electrons. The molecular weight excluding hydrogens is 212 g/mol. The summed E-state index contributed by atoms with van der Waals surface area (Å²) in [6.07, 6.45) is 1.29. The molecule has 1 aliphatic carbocycles. The number of carbonyl (C=O) groups excluding carboxylic acids is 3. The van der Waals surface area contributed by atoms with E-state index in [2.05, 4.69) is 4.74 Å². The Bertz CT molecular complexity index is 418. The third-order valence-electron chi connectivity index (χ3n) is 2.61. The van der Waals surface area contributed by atoms with Gasteiger partial charge in [-0.25, -0.2) is 0 Å². The number of allylic oxidation sites excluding steroid dienone is 2. The summed E-state index contributed by atoms with van der Waals surface area (Å²) in [5.41, 5.74) is 0.761. The van der Waals surface area contributed by atoms with Crippen LogP contribution in [0.4, 0.5) is 0 Å². The van der Waals surface area contributed by atoms with Crippen molar-refractivity contribution in [3.05, 3.63) is 23.3 Å². The zero-order valence-electron chi connectivity index (χ0n) is 8.64. The van der Waals surface area contributed by atoms with E-state index in [1.807, 2.05) is 0 Å². The molecule has 0 bridgehead atoms. The molecule has 0 fully saturated rings. The second-order valence-corrected chi connectivity index (χ2v) is 3.60. The number of carbonyl (C=O) groups is 3. The number of hydrogen-bond donors (Lipinski definition) is 0. The monoisotopic (exact) mass is 222 g/mol. The van der Waals surface area contributed by atoms with Gasteiger partial charge in [-0.05, 0) is 19.1 Å². The average molecular weight is 222 g/mol. The summed E-state index contributed by atoms with van der Waals surface area (Å²) in [4.78, 5) is 33.3. The van der Waals surface area contributed by atoms with Crippen molar-refractivity contribution in [1.82, 2.24) is 0 Å².